The minimum atomic E-state index is -0.372. The highest BCUT2D eigenvalue weighted by molar-refractivity contribution is 9.10. The summed E-state index contributed by atoms with van der Waals surface area (Å²) >= 11 is 3.24. The summed E-state index contributed by atoms with van der Waals surface area (Å²) < 4.78 is 19.4. The van der Waals surface area contributed by atoms with E-state index in [1.165, 1.54) is 6.07 Å². The number of halogens is 2. The van der Waals surface area contributed by atoms with Crippen LogP contribution in [0.3, 0.4) is 0 Å². The van der Waals surface area contributed by atoms with Gasteiger partial charge in [-0.05, 0) is 45.8 Å². The molecule has 0 saturated heterocycles. The van der Waals surface area contributed by atoms with Crippen molar-refractivity contribution in [2.75, 3.05) is 0 Å². The third-order valence-corrected chi connectivity index (χ3v) is 2.68. The summed E-state index contributed by atoms with van der Waals surface area (Å²) in [5.41, 5.74) is 0.949. The van der Waals surface area contributed by atoms with Gasteiger partial charge in [0.2, 0.25) is 0 Å². The van der Waals surface area contributed by atoms with Gasteiger partial charge < -0.3 is 4.74 Å². The van der Waals surface area contributed by atoms with Gasteiger partial charge in [-0.25, -0.2) is 4.39 Å². The molecule has 2 rings (SSSR count). The monoisotopic (exact) mass is 281 g/mol. The molecule has 0 amide bonds. The first-order valence-electron chi connectivity index (χ1n) is 4.73. The fourth-order valence-electron chi connectivity index (χ4n) is 1.25. The largest absolute Gasteiger partial charge is 0.485 e. The average Bonchev–Trinajstić information content (AvgIpc) is 2.30. The zero-order valence-corrected chi connectivity index (χ0v) is 9.95. The van der Waals surface area contributed by atoms with Gasteiger partial charge in [-0.2, -0.15) is 0 Å². The lowest BCUT2D eigenvalue weighted by Gasteiger charge is -2.08. The third kappa shape index (κ3) is 2.58. The van der Waals surface area contributed by atoms with Crippen LogP contribution in [0.4, 0.5) is 4.39 Å². The van der Waals surface area contributed by atoms with Crippen LogP contribution in [-0.4, -0.2) is 4.98 Å². The van der Waals surface area contributed by atoms with Crippen LogP contribution in [0, 0.1) is 5.82 Å². The molecule has 0 aliphatic heterocycles. The van der Waals surface area contributed by atoms with Crippen molar-refractivity contribution >= 4 is 15.9 Å². The zero-order chi connectivity index (χ0) is 11.4. The molecule has 82 valence electrons. The molecule has 0 radical (unpaired) electrons. The number of ether oxygens (including phenoxy) is 1. The second kappa shape index (κ2) is 5.07. The van der Waals surface area contributed by atoms with Gasteiger partial charge in [0.05, 0.1) is 4.47 Å². The second-order valence-corrected chi connectivity index (χ2v) is 4.05. The number of para-hydroxylation sites is 1. The molecule has 0 fully saturated rings. The summed E-state index contributed by atoms with van der Waals surface area (Å²) in [6.07, 6.45) is 3.35. The molecule has 0 N–H and O–H groups in total. The van der Waals surface area contributed by atoms with E-state index < -0.39 is 0 Å². The quantitative estimate of drug-likeness (QED) is 0.858. The van der Waals surface area contributed by atoms with Crippen LogP contribution < -0.4 is 4.74 Å². The topological polar surface area (TPSA) is 22.1 Å². The standard InChI is InChI=1S/C12H9BrFNO/c13-10-2-1-3-11(14)12(10)16-8-9-4-6-15-7-5-9/h1-7H,8H2. The van der Waals surface area contributed by atoms with Crippen molar-refractivity contribution in [1.29, 1.82) is 0 Å². The van der Waals surface area contributed by atoms with E-state index in [1.807, 2.05) is 12.1 Å². The first kappa shape index (κ1) is 11.1. The van der Waals surface area contributed by atoms with Gasteiger partial charge in [-0.3, -0.25) is 4.98 Å². The number of rotatable bonds is 3. The molecule has 1 aromatic heterocycles. The average molecular weight is 282 g/mol. The summed E-state index contributed by atoms with van der Waals surface area (Å²) in [4.78, 5) is 3.90. The van der Waals surface area contributed by atoms with Gasteiger partial charge in [-0.15, -0.1) is 0 Å². The van der Waals surface area contributed by atoms with Gasteiger partial charge in [0.1, 0.15) is 6.61 Å². The van der Waals surface area contributed by atoms with Crippen molar-refractivity contribution in [2.24, 2.45) is 0 Å². The van der Waals surface area contributed by atoms with E-state index >= 15 is 0 Å². The van der Waals surface area contributed by atoms with E-state index in [4.69, 9.17) is 4.74 Å². The van der Waals surface area contributed by atoms with Crippen LogP contribution in [0.5, 0.6) is 5.75 Å². The molecule has 0 saturated carbocycles. The molecular weight excluding hydrogens is 273 g/mol. The van der Waals surface area contributed by atoms with Crippen LogP contribution in [0.15, 0.2) is 47.2 Å². The van der Waals surface area contributed by atoms with Crippen molar-refractivity contribution in [3.05, 3.63) is 58.6 Å². The van der Waals surface area contributed by atoms with E-state index in [1.54, 1.807) is 24.5 Å². The van der Waals surface area contributed by atoms with Gasteiger partial charge in [0.15, 0.2) is 11.6 Å². The molecule has 0 bridgehead atoms. The number of pyridine rings is 1. The van der Waals surface area contributed by atoms with E-state index in [2.05, 4.69) is 20.9 Å². The molecule has 2 nitrogen and oxygen atoms in total. The molecule has 0 atom stereocenters. The van der Waals surface area contributed by atoms with Crippen molar-refractivity contribution in [1.82, 2.24) is 4.98 Å². The Morgan fingerprint density at radius 1 is 1.19 bits per heavy atom. The smallest absolute Gasteiger partial charge is 0.169 e. The van der Waals surface area contributed by atoms with Crippen LogP contribution in [0.25, 0.3) is 0 Å². The summed E-state index contributed by atoms with van der Waals surface area (Å²) in [6.45, 7) is 0.321. The van der Waals surface area contributed by atoms with E-state index in [9.17, 15) is 4.39 Å². The van der Waals surface area contributed by atoms with E-state index in [-0.39, 0.29) is 11.6 Å². The molecular formula is C12H9BrFNO. The maximum atomic E-state index is 13.4. The SMILES string of the molecule is Fc1cccc(Br)c1OCc1ccncc1. The number of hydrogen-bond acceptors (Lipinski definition) is 2. The Labute approximate surface area is 101 Å². The molecule has 0 aliphatic rings. The Balaban J connectivity index is 2.11. The maximum absolute atomic E-state index is 13.4. The van der Waals surface area contributed by atoms with Crippen LogP contribution in [-0.2, 0) is 6.61 Å². The van der Waals surface area contributed by atoms with Gasteiger partial charge in [0.25, 0.3) is 0 Å². The van der Waals surface area contributed by atoms with Crippen molar-refractivity contribution in [2.45, 2.75) is 6.61 Å². The highest BCUT2D eigenvalue weighted by Crippen LogP contribution is 2.28. The molecule has 0 spiro atoms. The lowest BCUT2D eigenvalue weighted by atomic mass is 10.3. The minimum absolute atomic E-state index is 0.235. The van der Waals surface area contributed by atoms with Crippen LogP contribution in [0.1, 0.15) is 5.56 Å². The number of hydrogen-bond donors (Lipinski definition) is 0. The Morgan fingerprint density at radius 2 is 1.94 bits per heavy atom. The second-order valence-electron chi connectivity index (χ2n) is 3.19. The molecule has 1 aromatic carbocycles. The Kier molecular flexibility index (Phi) is 3.51. The number of benzene rings is 1. The zero-order valence-electron chi connectivity index (χ0n) is 8.36. The van der Waals surface area contributed by atoms with Gasteiger partial charge >= 0.3 is 0 Å². The molecule has 0 aliphatic carbocycles. The molecule has 0 unspecified atom stereocenters. The molecule has 1 heterocycles. The summed E-state index contributed by atoms with van der Waals surface area (Å²) in [6, 6.07) is 8.39. The highest BCUT2D eigenvalue weighted by Gasteiger charge is 2.07. The maximum Gasteiger partial charge on any atom is 0.169 e. The Morgan fingerprint density at radius 3 is 2.62 bits per heavy atom. The first-order valence-corrected chi connectivity index (χ1v) is 5.52. The van der Waals surface area contributed by atoms with Crippen molar-refractivity contribution in [3.8, 4) is 5.75 Å². The summed E-state index contributed by atoms with van der Waals surface area (Å²) in [5, 5.41) is 0. The van der Waals surface area contributed by atoms with Gasteiger partial charge in [0, 0.05) is 12.4 Å². The molecule has 4 heteroatoms. The lowest BCUT2D eigenvalue weighted by molar-refractivity contribution is 0.288. The first-order chi connectivity index (χ1) is 7.77. The fourth-order valence-corrected chi connectivity index (χ4v) is 1.71. The van der Waals surface area contributed by atoms with Crippen LogP contribution >= 0.6 is 15.9 Å². The van der Waals surface area contributed by atoms with Gasteiger partial charge in [-0.1, -0.05) is 6.07 Å². The predicted octanol–water partition coefficient (Wildman–Crippen LogP) is 3.56. The minimum Gasteiger partial charge on any atom is -0.485 e. The highest BCUT2D eigenvalue weighted by atomic mass is 79.9. The molecule has 16 heavy (non-hydrogen) atoms. The molecule has 2 aromatic rings. The Bertz CT molecular complexity index is 455. The predicted molar refractivity (Wildman–Crippen MR) is 62.7 cm³/mol. The fraction of sp³-hybridized carbons (Fsp3) is 0.0833. The third-order valence-electron chi connectivity index (χ3n) is 2.05. The van der Waals surface area contributed by atoms with Crippen molar-refractivity contribution in [3.63, 3.8) is 0 Å². The number of aromatic nitrogens is 1. The Hall–Kier alpha value is -1.42. The van der Waals surface area contributed by atoms with Crippen LogP contribution in [0.2, 0.25) is 0 Å². The van der Waals surface area contributed by atoms with Crippen molar-refractivity contribution < 1.29 is 9.13 Å². The van der Waals surface area contributed by atoms with E-state index in [0.717, 1.165) is 5.56 Å². The summed E-state index contributed by atoms with van der Waals surface area (Å²) in [7, 11) is 0. The lowest BCUT2D eigenvalue weighted by Crippen LogP contribution is -1.98. The summed E-state index contributed by atoms with van der Waals surface area (Å²) in [5.74, 6) is -0.136. The number of nitrogens with zero attached hydrogens (tertiary/aromatic N) is 1. The normalized spacial score (nSPS) is 10.1. The van der Waals surface area contributed by atoms with E-state index in [0.29, 0.717) is 11.1 Å².